The van der Waals surface area contributed by atoms with Gasteiger partial charge in [0.15, 0.2) is 0 Å². The van der Waals surface area contributed by atoms with Crippen molar-refractivity contribution in [3.05, 3.63) is 18.2 Å². The minimum atomic E-state index is -3.65. The number of benzene rings is 1. The van der Waals surface area contributed by atoms with E-state index in [1.54, 1.807) is 19.2 Å². The molecule has 0 radical (unpaired) electrons. The third-order valence-corrected chi connectivity index (χ3v) is 5.39. The Bertz CT molecular complexity index is 581. The highest BCUT2D eigenvalue weighted by Gasteiger charge is 2.28. The van der Waals surface area contributed by atoms with E-state index in [1.807, 2.05) is 0 Å². The third kappa shape index (κ3) is 3.48. The molecule has 2 rings (SSSR count). The molecule has 0 aromatic heterocycles. The lowest BCUT2D eigenvalue weighted by Gasteiger charge is -2.21. The molecule has 1 saturated heterocycles. The number of hydrogen-bond donors (Lipinski definition) is 0. The van der Waals surface area contributed by atoms with E-state index in [0.29, 0.717) is 24.7 Å². The van der Waals surface area contributed by atoms with E-state index < -0.39 is 10.0 Å². The lowest BCUT2D eigenvalue weighted by Crippen LogP contribution is -2.34. The van der Waals surface area contributed by atoms with Crippen molar-refractivity contribution in [1.29, 1.82) is 0 Å². The number of methoxy groups -OCH3 is 2. The molecule has 1 aromatic rings. The van der Waals surface area contributed by atoms with Gasteiger partial charge in [0.25, 0.3) is 0 Å². The van der Waals surface area contributed by atoms with E-state index >= 15 is 0 Å². The summed E-state index contributed by atoms with van der Waals surface area (Å²) in [4.78, 5) is 0.102. The molecule has 1 heterocycles. The number of hydrogen-bond acceptors (Lipinski definition) is 5. The molecule has 118 valence electrons. The molecule has 0 bridgehead atoms. The Kier molecular flexibility index (Phi) is 5.08. The Balaban J connectivity index is 2.28. The molecular formula is C14H21NO5S. The van der Waals surface area contributed by atoms with Gasteiger partial charge >= 0.3 is 0 Å². The Morgan fingerprint density at radius 3 is 2.67 bits per heavy atom. The second kappa shape index (κ2) is 6.64. The molecule has 6 nitrogen and oxygen atoms in total. The van der Waals surface area contributed by atoms with Crippen LogP contribution >= 0.6 is 0 Å². The van der Waals surface area contributed by atoms with Crippen LogP contribution in [0.4, 0.5) is 0 Å². The summed E-state index contributed by atoms with van der Waals surface area (Å²) in [5, 5.41) is 0. The molecule has 21 heavy (non-hydrogen) atoms. The molecule has 0 saturated carbocycles. The quantitative estimate of drug-likeness (QED) is 0.796. The van der Waals surface area contributed by atoms with Gasteiger partial charge in [-0.25, -0.2) is 8.42 Å². The fourth-order valence-corrected chi connectivity index (χ4v) is 3.70. The van der Waals surface area contributed by atoms with E-state index in [2.05, 4.69) is 0 Å². The molecule has 7 heteroatoms. The van der Waals surface area contributed by atoms with Crippen molar-refractivity contribution >= 4 is 10.0 Å². The van der Waals surface area contributed by atoms with Gasteiger partial charge in [0.2, 0.25) is 10.0 Å². The summed E-state index contributed by atoms with van der Waals surface area (Å²) in [7, 11) is 0.838. The van der Waals surface area contributed by atoms with Crippen molar-refractivity contribution in [2.75, 3.05) is 34.4 Å². The van der Waals surface area contributed by atoms with Gasteiger partial charge in [-0.05, 0) is 25.0 Å². The van der Waals surface area contributed by atoms with Gasteiger partial charge in [-0.15, -0.1) is 0 Å². The largest absolute Gasteiger partial charge is 0.497 e. The van der Waals surface area contributed by atoms with Gasteiger partial charge < -0.3 is 14.2 Å². The lowest BCUT2D eigenvalue weighted by atomic mass is 10.2. The average Bonchev–Trinajstić information content (AvgIpc) is 2.99. The van der Waals surface area contributed by atoms with Crippen LogP contribution in [0.2, 0.25) is 0 Å². The standard InChI is InChI=1S/C14H21NO5S/c1-15(10-12-5-4-8-20-12)21(16,17)14-9-11(18-2)6-7-13(14)19-3/h6-7,9,12H,4-5,8,10H2,1-3H3. The first-order valence-electron chi connectivity index (χ1n) is 6.79. The van der Waals surface area contributed by atoms with Crippen LogP contribution in [0, 0.1) is 0 Å². The molecular weight excluding hydrogens is 294 g/mol. The van der Waals surface area contributed by atoms with Gasteiger partial charge in [0.1, 0.15) is 16.4 Å². The third-order valence-electron chi connectivity index (χ3n) is 3.54. The first-order valence-corrected chi connectivity index (χ1v) is 8.23. The van der Waals surface area contributed by atoms with Crippen LogP contribution in [0.25, 0.3) is 0 Å². The maximum atomic E-state index is 12.7. The van der Waals surface area contributed by atoms with Crippen LogP contribution in [0.15, 0.2) is 23.1 Å². The van der Waals surface area contributed by atoms with Crippen molar-refractivity contribution in [3.63, 3.8) is 0 Å². The van der Waals surface area contributed by atoms with E-state index in [9.17, 15) is 8.42 Å². The van der Waals surface area contributed by atoms with Gasteiger partial charge in [0.05, 0.1) is 20.3 Å². The van der Waals surface area contributed by atoms with Gasteiger partial charge in [-0.2, -0.15) is 4.31 Å². The van der Waals surface area contributed by atoms with E-state index in [1.165, 1.54) is 24.6 Å². The molecule has 1 fully saturated rings. The Labute approximate surface area is 125 Å². The lowest BCUT2D eigenvalue weighted by molar-refractivity contribution is 0.0978. The zero-order valence-corrected chi connectivity index (χ0v) is 13.4. The van der Waals surface area contributed by atoms with Crippen LogP contribution < -0.4 is 9.47 Å². The summed E-state index contributed by atoms with van der Waals surface area (Å²) in [6.07, 6.45) is 1.82. The molecule has 0 spiro atoms. The van der Waals surface area contributed by atoms with Crippen LogP contribution in [0.1, 0.15) is 12.8 Å². The molecule has 1 aliphatic heterocycles. The summed E-state index contributed by atoms with van der Waals surface area (Å²) in [5.74, 6) is 0.773. The van der Waals surface area contributed by atoms with Crippen molar-refractivity contribution < 1.29 is 22.6 Å². The topological polar surface area (TPSA) is 65.1 Å². The van der Waals surface area contributed by atoms with E-state index in [-0.39, 0.29) is 11.0 Å². The monoisotopic (exact) mass is 315 g/mol. The first-order chi connectivity index (χ1) is 9.98. The zero-order chi connectivity index (χ0) is 15.5. The molecule has 1 atom stereocenters. The van der Waals surface area contributed by atoms with E-state index in [0.717, 1.165) is 12.8 Å². The molecule has 0 aliphatic carbocycles. The summed E-state index contributed by atoms with van der Waals surface area (Å²) in [6.45, 7) is 1.03. The number of sulfonamides is 1. The van der Waals surface area contributed by atoms with Crippen molar-refractivity contribution in [2.24, 2.45) is 0 Å². The number of likely N-dealkylation sites (N-methyl/N-ethyl adjacent to an activating group) is 1. The maximum absolute atomic E-state index is 12.7. The summed E-state index contributed by atoms with van der Waals surface area (Å²) in [5.41, 5.74) is 0. The van der Waals surface area contributed by atoms with Crippen molar-refractivity contribution in [3.8, 4) is 11.5 Å². The molecule has 0 amide bonds. The Hall–Kier alpha value is -1.31. The highest BCUT2D eigenvalue weighted by Crippen LogP contribution is 2.30. The van der Waals surface area contributed by atoms with E-state index in [4.69, 9.17) is 14.2 Å². The second-order valence-corrected chi connectivity index (χ2v) is 6.95. The Morgan fingerprint density at radius 2 is 2.10 bits per heavy atom. The van der Waals surface area contributed by atoms with Gasteiger partial charge in [-0.1, -0.05) is 0 Å². The van der Waals surface area contributed by atoms with Crippen molar-refractivity contribution in [1.82, 2.24) is 4.31 Å². The van der Waals surface area contributed by atoms with Gasteiger partial charge in [0, 0.05) is 26.3 Å². The fourth-order valence-electron chi connectivity index (χ4n) is 2.33. The van der Waals surface area contributed by atoms with Crippen LogP contribution in [0.3, 0.4) is 0 Å². The second-order valence-electron chi connectivity index (χ2n) is 4.94. The smallest absolute Gasteiger partial charge is 0.246 e. The minimum Gasteiger partial charge on any atom is -0.497 e. The average molecular weight is 315 g/mol. The fraction of sp³-hybridized carbons (Fsp3) is 0.571. The molecule has 1 aliphatic rings. The number of ether oxygens (including phenoxy) is 3. The molecule has 1 unspecified atom stereocenters. The normalized spacial score (nSPS) is 19.0. The van der Waals surface area contributed by atoms with Gasteiger partial charge in [-0.3, -0.25) is 0 Å². The summed E-state index contributed by atoms with van der Waals surface area (Å²) >= 11 is 0. The minimum absolute atomic E-state index is 0.0404. The predicted molar refractivity (Wildman–Crippen MR) is 78.3 cm³/mol. The van der Waals surface area contributed by atoms with Crippen molar-refractivity contribution in [2.45, 2.75) is 23.8 Å². The SMILES string of the molecule is COc1ccc(OC)c(S(=O)(=O)N(C)CC2CCCO2)c1. The highest BCUT2D eigenvalue weighted by atomic mass is 32.2. The summed E-state index contributed by atoms with van der Waals surface area (Å²) < 4.78 is 42.5. The summed E-state index contributed by atoms with van der Waals surface area (Å²) in [6, 6.07) is 4.73. The zero-order valence-electron chi connectivity index (χ0n) is 12.5. The number of nitrogens with zero attached hydrogens (tertiary/aromatic N) is 1. The van der Waals surface area contributed by atoms with Crippen LogP contribution in [-0.4, -0.2) is 53.2 Å². The Morgan fingerprint density at radius 1 is 1.33 bits per heavy atom. The predicted octanol–water partition coefficient (Wildman–Crippen LogP) is 1.50. The number of rotatable bonds is 6. The van der Waals surface area contributed by atoms with Crippen LogP contribution in [-0.2, 0) is 14.8 Å². The molecule has 1 aromatic carbocycles. The highest BCUT2D eigenvalue weighted by molar-refractivity contribution is 7.89. The molecule has 0 N–H and O–H groups in total. The first kappa shape index (κ1) is 16.1. The van der Waals surface area contributed by atoms with Crippen LogP contribution in [0.5, 0.6) is 11.5 Å². The maximum Gasteiger partial charge on any atom is 0.246 e.